The van der Waals surface area contributed by atoms with Gasteiger partial charge in [0.15, 0.2) is 5.76 Å². The van der Waals surface area contributed by atoms with E-state index in [4.69, 9.17) is 4.52 Å². The average molecular weight is 354 g/mol. The van der Waals surface area contributed by atoms with Crippen LogP contribution in [-0.2, 0) is 0 Å². The first-order valence-corrected chi connectivity index (χ1v) is 9.28. The monoisotopic (exact) mass is 354 g/mol. The van der Waals surface area contributed by atoms with Crippen LogP contribution in [0.2, 0.25) is 0 Å². The largest absolute Gasteiger partial charge is 0.355 e. The molecule has 0 bridgehead atoms. The number of hydrogen-bond acceptors (Lipinski definition) is 6. The van der Waals surface area contributed by atoms with E-state index in [0.29, 0.717) is 12.2 Å². The maximum Gasteiger partial charge on any atom is 0.274 e. The summed E-state index contributed by atoms with van der Waals surface area (Å²) in [6.45, 7) is 0.696. The summed E-state index contributed by atoms with van der Waals surface area (Å²) >= 11 is 1.61. The maximum atomic E-state index is 12.9. The summed E-state index contributed by atoms with van der Waals surface area (Å²) < 4.78 is 5.53. The summed E-state index contributed by atoms with van der Waals surface area (Å²) in [5.41, 5.74) is 1.18. The molecule has 1 fully saturated rings. The standard InChI is InChI=1S/C18H18N4O2S/c23-18(14-12-19-7-8-20-14)22-9-3-1-2-5-15(22)13-11-16(24-21-13)17-6-4-10-25-17/h4,6-8,10-12,15H,1-3,5,9H2. The highest BCUT2D eigenvalue weighted by Crippen LogP contribution is 2.33. The van der Waals surface area contributed by atoms with Gasteiger partial charge in [0.2, 0.25) is 0 Å². The van der Waals surface area contributed by atoms with Crippen LogP contribution in [0.5, 0.6) is 0 Å². The van der Waals surface area contributed by atoms with E-state index in [-0.39, 0.29) is 11.9 Å². The molecule has 1 atom stereocenters. The van der Waals surface area contributed by atoms with Crippen molar-refractivity contribution in [2.75, 3.05) is 6.54 Å². The van der Waals surface area contributed by atoms with Gasteiger partial charge in [0, 0.05) is 25.0 Å². The lowest BCUT2D eigenvalue weighted by molar-refractivity contribution is 0.0667. The Bertz CT molecular complexity index is 832. The molecule has 0 aliphatic carbocycles. The average Bonchev–Trinajstić information content (AvgIpc) is 3.29. The Morgan fingerprint density at radius 3 is 3.04 bits per heavy atom. The zero-order valence-electron chi connectivity index (χ0n) is 13.7. The molecule has 1 unspecified atom stereocenters. The van der Waals surface area contributed by atoms with Gasteiger partial charge in [0.25, 0.3) is 5.91 Å². The predicted molar refractivity (Wildman–Crippen MR) is 94.1 cm³/mol. The number of thiophene rings is 1. The van der Waals surface area contributed by atoms with Gasteiger partial charge < -0.3 is 9.42 Å². The molecule has 7 heteroatoms. The van der Waals surface area contributed by atoms with E-state index >= 15 is 0 Å². The second kappa shape index (κ2) is 7.14. The summed E-state index contributed by atoms with van der Waals surface area (Å²) in [5.74, 6) is 0.654. The summed E-state index contributed by atoms with van der Waals surface area (Å²) in [6.07, 6.45) is 8.67. The van der Waals surface area contributed by atoms with Gasteiger partial charge in [0.05, 0.1) is 17.1 Å². The molecule has 25 heavy (non-hydrogen) atoms. The lowest BCUT2D eigenvalue weighted by atomic mass is 10.1. The SMILES string of the molecule is O=C(c1cnccn1)N1CCCCCC1c1cc(-c2cccs2)on1. The van der Waals surface area contributed by atoms with Gasteiger partial charge in [-0.2, -0.15) is 0 Å². The van der Waals surface area contributed by atoms with Crippen LogP contribution in [0.25, 0.3) is 10.6 Å². The second-order valence-corrected chi connectivity index (χ2v) is 7.00. The van der Waals surface area contributed by atoms with Crippen LogP contribution in [0.4, 0.5) is 0 Å². The van der Waals surface area contributed by atoms with E-state index in [0.717, 1.165) is 42.0 Å². The first kappa shape index (κ1) is 16.0. The van der Waals surface area contributed by atoms with Crippen molar-refractivity contribution in [3.05, 3.63) is 53.6 Å². The van der Waals surface area contributed by atoms with Gasteiger partial charge in [-0.25, -0.2) is 4.98 Å². The van der Waals surface area contributed by atoms with Gasteiger partial charge in [-0.05, 0) is 24.3 Å². The zero-order chi connectivity index (χ0) is 17.1. The Hall–Kier alpha value is -2.54. The van der Waals surface area contributed by atoms with E-state index in [1.165, 1.54) is 6.20 Å². The number of hydrogen-bond donors (Lipinski definition) is 0. The van der Waals surface area contributed by atoms with Gasteiger partial charge in [-0.3, -0.25) is 9.78 Å². The molecule has 1 saturated heterocycles. The van der Waals surface area contributed by atoms with E-state index in [1.807, 2.05) is 28.5 Å². The highest BCUT2D eigenvalue weighted by molar-refractivity contribution is 7.13. The van der Waals surface area contributed by atoms with Crippen LogP contribution in [0, 0.1) is 0 Å². The number of amides is 1. The molecular weight excluding hydrogens is 336 g/mol. The third-order valence-corrected chi connectivity index (χ3v) is 5.31. The number of carbonyl (C=O) groups is 1. The molecule has 0 saturated carbocycles. The number of nitrogens with zero attached hydrogens (tertiary/aromatic N) is 4. The normalized spacial score (nSPS) is 18.1. The van der Waals surface area contributed by atoms with Crippen molar-refractivity contribution in [3.8, 4) is 10.6 Å². The highest BCUT2D eigenvalue weighted by atomic mass is 32.1. The first-order valence-electron chi connectivity index (χ1n) is 8.40. The minimum absolute atomic E-state index is 0.0885. The first-order chi connectivity index (χ1) is 12.3. The van der Waals surface area contributed by atoms with Crippen LogP contribution < -0.4 is 0 Å². The minimum atomic E-state index is -0.0966. The molecule has 4 heterocycles. The Morgan fingerprint density at radius 2 is 2.24 bits per heavy atom. The third-order valence-electron chi connectivity index (χ3n) is 4.43. The fraction of sp³-hybridized carbons (Fsp3) is 0.333. The molecule has 3 aromatic rings. The summed E-state index contributed by atoms with van der Waals surface area (Å²) in [6, 6.07) is 5.86. The van der Waals surface area contributed by atoms with Crippen molar-refractivity contribution in [1.82, 2.24) is 20.0 Å². The van der Waals surface area contributed by atoms with Gasteiger partial charge in [0.1, 0.15) is 11.4 Å². The molecule has 1 aliphatic rings. The summed E-state index contributed by atoms with van der Waals surface area (Å²) in [4.78, 5) is 24.0. The third kappa shape index (κ3) is 3.32. The molecule has 128 valence electrons. The Balaban J connectivity index is 1.64. The molecule has 6 nitrogen and oxygen atoms in total. The van der Waals surface area contributed by atoms with E-state index in [1.54, 1.807) is 23.7 Å². The topological polar surface area (TPSA) is 72.1 Å². The maximum absolute atomic E-state index is 12.9. The van der Waals surface area contributed by atoms with Crippen molar-refractivity contribution >= 4 is 17.2 Å². The highest BCUT2D eigenvalue weighted by Gasteiger charge is 2.30. The van der Waals surface area contributed by atoms with E-state index in [2.05, 4.69) is 15.1 Å². The Labute approximate surface area is 149 Å². The molecule has 0 aromatic carbocycles. The number of carbonyl (C=O) groups excluding carboxylic acids is 1. The number of likely N-dealkylation sites (tertiary alicyclic amines) is 1. The number of rotatable bonds is 3. The van der Waals surface area contributed by atoms with E-state index in [9.17, 15) is 4.79 Å². The fourth-order valence-corrected chi connectivity index (χ4v) is 3.87. The molecule has 0 N–H and O–H groups in total. The number of aromatic nitrogens is 3. The van der Waals surface area contributed by atoms with Gasteiger partial charge in [-0.15, -0.1) is 11.3 Å². The molecule has 0 spiro atoms. The van der Waals surface area contributed by atoms with Crippen molar-refractivity contribution in [2.45, 2.75) is 31.7 Å². The second-order valence-electron chi connectivity index (χ2n) is 6.05. The summed E-state index contributed by atoms with van der Waals surface area (Å²) in [7, 11) is 0. The fourth-order valence-electron chi connectivity index (χ4n) is 3.20. The lowest BCUT2D eigenvalue weighted by Gasteiger charge is -2.28. The predicted octanol–water partition coefficient (Wildman–Crippen LogP) is 3.95. The molecule has 4 rings (SSSR count). The van der Waals surface area contributed by atoms with Crippen molar-refractivity contribution in [3.63, 3.8) is 0 Å². The van der Waals surface area contributed by atoms with Crippen molar-refractivity contribution in [1.29, 1.82) is 0 Å². The molecule has 1 aliphatic heterocycles. The van der Waals surface area contributed by atoms with Gasteiger partial charge in [-0.1, -0.05) is 24.1 Å². The van der Waals surface area contributed by atoms with Crippen LogP contribution in [0.1, 0.15) is 47.9 Å². The summed E-state index contributed by atoms with van der Waals surface area (Å²) in [5, 5.41) is 6.27. The van der Waals surface area contributed by atoms with Crippen molar-refractivity contribution < 1.29 is 9.32 Å². The zero-order valence-corrected chi connectivity index (χ0v) is 14.5. The Kier molecular flexibility index (Phi) is 4.56. The Morgan fingerprint density at radius 1 is 1.28 bits per heavy atom. The molecular formula is C18H18N4O2S. The molecule has 3 aromatic heterocycles. The van der Waals surface area contributed by atoms with Crippen LogP contribution in [0.3, 0.4) is 0 Å². The lowest BCUT2D eigenvalue weighted by Crippen LogP contribution is -2.35. The quantitative estimate of drug-likeness (QED) is 0.712. The molecule has 0 radical (unpaired) electrons. The van der Waals surface area contributed by atoms with E-state index < -0.39 is 0 Å². The van der Waals surface area contributed by atoms with Crippen LogP contribution in [-0.4, -0.2) is 32.5 Å². The minimum Gasteiger partial charge on any atom is -0.355 e. The van der Waals surface area contributed by atoms with Gasteiger partial charge >= 0.3 is 0 Å². The van der Waals surface area contributed by atoms with Crippen LogP contribution >= 0.6 is 11.3 Å². The van der Waals surface area contributed by atoms with Crippen molar-refractivity contribution in [2.24, 2.45) is 0 Å². The smallest absolute Gasteiger partial charge is 0.274 e. The molecule has 1 amide bonds. The van der Waals surface area contributed by atoms with Crippen LogP contribution in [0.15, 0.2) is 46.7 Å².